The van der Waals surface area contributed by atoms with E-state index in [0.29, 0.717) is 13.1 Å². The number of rotatable bonds is 8. The minimum absolute atomic E-state index is 0.0941. The molecule has 26 heavy (non-hydrogen) atoms. The summed E-state index contributed by atoms with van der Waals surface area (Å²) in [6.45, 7) is 3.38. The molecule has 1 aromatic rings. The molecule has 7 heteroatoms. The van der Waals surface area contributed by atoms with Crippen molar-refractivity contribution in [3.63, 3.8) is 0 Å². The summed E-state index contributed by atoms with van der Waals surface area (Å²) >= 11 is 1.60. The van der Waals surface area contributed by atoms with Crippen LogP contribution in [0.5, 0.6) is 0 Å². The van der Waals surface area contributed by atoms with E-state index in [1.807, 2.05) is 29.3 Å². The third-order valence-corrected chi connectivity index (χ3v) is 5.99. The normalized spacial score (nSPS) is 16.1. The van der Waals surface area contributed by atoms with Crippen LogP contribution in [0.1, 0.15) is 43.9 Å². The maximum absolute atomic E-state index is 12.7. The summed E-state index contributed by atoms with van der Waals surface area (Å²) in [4.78, 5) is 29.4. The van der Waals surface area contributed by atoms with Crippen molar-refractivity contribution in [1.82, 2.24) is 15.1 Å². The van der Waals surface area contributed by atoms with Crippen molar-refractivity contribution in [2.45, 2.75) is 51.1 Å². The van der Waals surface area contributed by atoms with Gasteiger partial charge in [0.05, 0.1) is 25.7 Å². The quantitative estimate of drug-likeness (QED) is 0.756. The smallest absolute Gasteiger partial charge is 0.237 e. The van der Waals surface area contributed by atoms with Crippen LogP contribution in [0.15, 0.2) is 17.5 Å². The van der Waals surface area contributed by atoms with E-state index in [1.54, 1.807) is 23.3 Å². The van der Waals surface area contributed by atoms with E-state index in [2.05, 4.69) is 11.4 Å². The number of hydrogen-bond donors (Lipinski definition) is 1. The van der Waals surface area contributed by atoms with Crippen LogP contribution < -0.4 is 5.32 Å². The third-order valence-electron chi connectivity index (χ3n) is 5.12. The van der Waals surface area contributed by atoms with Gasteiger partial charge in [0, 0.05) is 11.9 Å². The van der Waals surface area contributed by atoms with Crippen LogP contribution in [0.4, 0.5) is 0 Å². The van der Waals surface area contributed by atoms with Crippen LogP contribution in [0.3, 0.4) is 0 Å². The van der Waals surface area contributed by atoms with Crippen LogP contribution in [-0.4, -0.2) is 53.8 Å². The molecule has 1 aliphatic rings. The van der Waals surface area contributed by atoms with Crippen LogP contribution in [0, 0.1) is 11.3 Å². The summed E-state index contributed by atoms with van der Waals surface area (Å²) in [7, 11) is 1.72. The molecule has 6 nitrogen and oxygen atoms in total. The number of amides is 2. The Kier molecular flexibility index (Phi) is 7.61. The Balaban J connectivity index is 1.86. The molecule has 1 heterocycles. The number of nitrogens with one attached hydrogen (secondary N) is 1. The van der Waals surface area contributed by atoms with Gasteiger partial charge in [-0.05, 0) is 30.8 Å². The van der Waals surface area contributed by atoms with Gasteiger partial charge < -0.3 is 10.2 Å². The van der Waals surface area contributed by atoms with Crippen molar-refractivity contribution >= 4 is 23.2 Å². The van der Waals surface area contributed by atoms with E-state index in [0.717, 1.165) is 37.0 Å². The van der Waals surface area contributed by atoms with Crippen molar-refractivity contribution in [3.8, 4) is 6.07 Å². The third kappa shape index (κ3) is 5.29. The lowest BCUT2D eigenvalue weighted by Crippen LogP contribution is -2.53. The first-order chi connectivity index (χ1) is 12.5. The number of carbonyl (C=O) groups is 2. The largest absolute Gasteiger partial charge is 0.350 e. The molecule has 0 bridgehead atoms. The number of likely N-dealkylation sites (N-methyl/N-ethyl adjacent to an activating group) is 2. The molecule has 1 aromatic heterocycles. The Morgan fingerprint density at radius 1 is 1.31 bits per heavy atom. The number of nitrogens with zero attached hydrogens (tertiary/aromatic N) is 3. The Morgan fingerprint density at radius 2 is 2.04 bits per heavy atom. The summed E-state index contributed by atoms with van der Waals surface area (Å²) in [5.41, 5.74) is -0.684. The molecular weight excluding hydrogens is 348 g/mol. The number of hydrogen-bond acceptors (Lipinski definition) is 5. The van der Waals surface area contributed by atoms with Gasteiger partial charge in [-0.15, -0.1) is 11.3 Å². The molecule has 0 aromatic carbocycles. The first-order valence-electron chi connectivity index (χ1n) is 9.20. The molecule has 0 spiro atoms. The van der Waals surface area contributed by atoms with Gasteiger partial charge in [0.2, 0.25) is 11.8 Å². The summed E-state index contributed by atoms with van der Waals surface area (Å²) < 4.78 is 0. The fourth-order valence-corrected chi connectivity index (χ4v) is 3.98. The molecule has 142 valence electrons. The fraction of sp³-hybridized carbons (Fsp3) is 0.632. The zero-order chi connectivity index (χ0) is 19.0. The number of thiophene rings is 1. The van der Waals surface area contributed by atoms with Gasteiger partial charge in [-0.2, -0.15) is 5.26 Å². The van der Waals surface area contributed by atoms with Gasteiger partial charge in [-0.25, -0.2) is 0 Å². The molecule has 0 radical (unpaired) electrons. The van der Waals surface area contributed by atoms with Gasteiger partial charge >= 0.3 is 0 Å². The number of nitriles is 1. The fourth-order valence-electron chi connectivity index (χ4n) is 3.33. The van der Waals surface area contributed by atoms with Crippen molar-refractivity contribution < 1.29 is 9.59 Å². The highest BCUT2D eigenvalue weighted by Gasteiger charge is 2.39. The highest BCUT2D eigenvalue weighted by molar-refractivity contribution is 7.09. The van der Waals surface area contributed by atoms with E-state index in [-0.39, 0.29) is 24.9 Å². The van der Waals surface area contributed by atoms with E-state index >= 15 is 0 Å². The van der Waals surface area contributed by atoms with Crippen molar-refractivity contribution in [2.75, 3.05) is 26.7 Å². The van der Waals surface area contributed by atoms with E-state index < -0.39 is 5.54 Å². The van der Waals surface area contributed by atoms with Gasteiger partial charge in [-0.3, -0.25) is 14.5 Å². The molecule has 2 rings (SSSR count). The number of carbonyl (C=O) groups excluding carboxylic acids is 2. The Hall–Kier alpha value is -1.91. The Bertz CT molecular complexity index is 632. The predicted molar refractivity (Wildman–Crippen MR) is 102 cm³/mol. The Morgan fingerprint density at radius 3 is 2.62 bits per heavy atom. The van der Waals surface area contributed by atoms with Crippen LogP contribution in [0.2, 0.25) is 0 Å². The minimum Gasteiger partial charge on any atom is -0.350 e. The zero-order valence-electron chi connectivity index (χ0n) is 15.7. The Labute approximate surface area is 159 Å². The van der Waals surface area contributed by atoms with Crippen LogP contribution in [-0.2, 0) is 16.1 Å². The second-order valence-electron chi connectivity index (χ2n) is 6.82. The van der Waals surface area contributed by atoms with Crippen LogP contribution >= 0.6 is 11.3 Å². The molecule has 2 amide bonds. The average molecular weight is 377 g/mol. The first kappa shape index (κ1) is 20.4. The zero-order valence-corrected chi connectivity index (χ0v) is 16.5. The molecule has 0 atom stereocenters. The second kappa shape index (κ2) is 9.70. The molecule has 1 fully saturated rings. The van der Waals surface area contributed by atoms with Gasteiger partial charge in [0.25, 0.3) is 0 Å². The topological polar surface area (TPSA) is 76.4 Å². The SMILES string of the molecule is CCN(CC(=O)NCc1cccs1)CC(=O)N(C)C1(C#N)CCCCC1. The van der Waals surface area contributed by atoms with Gasteiger partial charge in [-0.1, -0.05) is 32.3 Å². The van der Waals surface area contributed by atoms with Gasteiger partial charge in [0.1, 0.15) is 5.54 Å². The first-order valence-corrected chi connectivity index (χ1v) is 10.1. The minimum atomic E-state index is -0.684. The average Bonchev–Trinajstić information content (AvgIpc) is 3.19. The van der Waals surface area contributed by atoms with Crippen molar-refractivity contribution in [3.05, 3.63) is 22.4 Å². The van der Waals surface area contributed by atoms with Crippen molar-refractivity contribution in [2.24, 2.45) is 0 Å². The van der Waals surface area contributed by atoms with E-state index in [1.165, 1.54) is 0 Å². The maximum atomic E-state index is 12.7. The van der Waals surface area contributed by atoms with E-state index in [9.17, 15) is 14.9 Å². The molecule has 1 aliphatic carbocycles. The second-order valence-corrected chi connectivity index (χ2v) is 7.85. The lowest BCUT2D eigenvalue weighted by atomic mass is 9.81. The molecule has 1 saturated carbocycles. The monoisotopic (exact) mass is 376 g/mol. The highest BCUT2D eigenvalue weighted by Crippen LogP contribution is 2.32. The summed E-state index contributed by atoms with van der Waals surface area (Å²) in [6, 6.07) is 6.31. The molecule has 0 unspecified atom stereocenters. The maximum Gasteiger partial charge on any atom is 0.237 e. The van der Waals surface area contributed by atoms with Crippen LogP contribution in [0.25, 0.3) is 0 Å². The van der Waals surface area contributed by atoms with Crippen molar-refractivity contribution in [1.29, 1.82) is 5.26 Å². The van der Waals surface area contributed by atoms with E-state index in [4.69, 9.17) is 0 Å². The lowest BCUT2D eigenvalue weighted by Gasteiger charge is -2.39. The van der Waals surface area contributed by atoms with Gasteiger partial charge in [0.15, 0.2) is 0 Å². The summed E-state index contributed by atoms with van der Waals surface area (Å²) in [6.07, 6.45) is 4.55. The lowest BCUT2D eigenvalue weighted by molar-refractivity contribution is -0.136. The summed E-state index contributed by atoms with van der Waals surface area (Å²) in [5.74, 6) is -0.190. The molecule has 0 aliphatic heterocycles. The molecule has 0 saturated heterocycles. The predicted octanol–water partition coefficient (Wildman–Crippen LogP) is 2.37. The molecule has 1 N–H and O–H groups in total. The summed E-state index contributed by atoms with van der Waals surface area (Å²) in [5, 5.41) is 14.5. The molecular formula is C19H28N4O2S. The highest BCUT2D eigenvalue weighted by atomic mass is 32.1. The standard InChI is InChI=1S/C19H28N4O2S/c1-3-23(13-17(24)21-12-16-8-7-11-26-16)14-18(25)22(2)19(15-20)9-5-4-6-10-19/h7-8,11H,3-6,9-10,12-14H2,1-2H3,(H,21,24).